The summed E-state index contributed by atoms with van der Waals surface area (Å²) in [7, 11) is 5.91. The molecule has 0 unspecified atom stereocenters. The number of likely N-dealkylation sites (tertiary alicyclic amines) is 1. The van der Waals surface area contributed by atoms with Crippen molar-refractivity contribution in [1.82, 2.24) is 19.6 Å². The average Bonchev–Trinajstić information content (AvgIpc) is 3.02. The molecule has 5 nitrogen and oxygen atoms in total. The Hall–Kier alpha value is -2.21. The van der Waals surface area contributed by atoms with Crippen LogP contribution in [-0.2, 0) is 18.3 Å². The molecule has 0 N–H and O–H groups in total. The number of benzene rings is 1. The Bertz CT molecular complexity index is 760. The summed E-state index contributed by atoms with van der Waals surface area (Å²) in [6.07, 6.45) is 4.10. The standard InChI is InChI=1S/C20H27FN4O/c1-23-12-6-8-16(20(23)18-10-11-22-25(18)3)14-24(2)19(26)13-15-7-4-5-9-17(15)21/h4-5,7,9-11,16,20H,6,8,12-14H2,1-3H3/t16-,20+/m0/s1. The number of aryl methyl sites for hydroxylation is 1. The number of aromatic nitrogens is 2. The predicted octanol–water partition coefficient (Wildman–Crippen LogP) is 2.64. The van der Waals surface area contributed by atoms with E-state index in [1.54, 1.807) is 23.1 Å². The zero-order chi connectivity index (χ0) is 18.7. The number of likely N-dealkylation sites (N-methyl/N-ethyl adjacent to an activating group) is 1. The van der Waals surface area contributed by atoms with Crippen LogP contribution in [0.2, 0.25) is 0 Å². The van der Waals surface area contributed by atoms with Gasteiger partial charge in [0.2, 0.25) is 5.91 Å². The third kappa shape index (κ3) is 3.96. The van der Waals surface area contributed by atoms with Gasteiger partial charge >= 0.3 is 0 Å². The van der Waals surface area contributed by atoms with Gasteiger partial charge in [-0.1, -0.05) is 18.2 Å². The fraction of sp³-hybridized carbons (Fsp3) is 0.500. The number of nitrogens with zero attached hydrogens (tertiary/aromatic N) is 4. The van der Waals surface area contributed by atoms with Crippen LogP contribution in [0.4, 0.5) is 4.39 Å². The summed E-state index contributed by atoms with van der Waals surface area (Å²) in [5.74, 6) is -0.0368. The Morgan fingerprint density at radius 2 is 2.08 bits per heavy atom. The van der Waals surface area contributed by atoms with Crippen molar-refractivity contribution >= 4 is 5.91 Å². The third-order valence-corrected chi connectivity index (χ3v) is 5.40. The van der Waals surface area contributed by atoms with E-state index in [0.717, 1.165) is 19.4 Å². The molecule has 0 radical (unpaired) electrons. The van der Waals surface area contributed by atoms with Crippen LogP contribution < -0.4 is 0 Å². The highest BCUT2D eigenvalue weighted by Crippen LogP contribution is 2.35. The number of piperidine rings is 1. The monoisotopic (exact) mass is 358 g/mol. The molecule has 6 heteroatoms. The lowest BCUT2D eigenvalue weighted by Crippen LogP contribution is -2.43. The van der Waals surface area contributed by atoms with Gasteiger partial charge in [0.05, 0.1) is 18.2 Å². The highest BCUT2D eigenvalue weighted by Gasteiger charge is 2.33. The quantitative estimate of drug-likeness (QED) is 0.825. The molecule has 26 heavy (non-hydrogen) atoms. The SMILES string of the molecule is CN(C[C@@H]1CCCN(C)[C@H]1c1ccnn1C)C(=O)Cc1ccccc1F. The second-order valence-corrected chi connectivity index (χ2v) is 7.25. The van der Waals surface area contributed by atoms with Crippen LogP contribution in [0.3, 0.4) is 0 Å². The van der Waals surface area contributed by atoms with E-state index in [2.05, 4.69) is 23.1 Å². The summed E-state index contributed by atoms with van der Waals surface area (Å²) in [6, 6.07) is 8.77. The number of amides is 1. The smallest absolute Gasteiger partial charge is 0.226 e. The lowest BCUT2D eigenvalue weighted by atomic mass is 9.87. The highest BCUT2D eigenvalue weighted by atomic mass is 19.1. The van der Waals surface area contributed by atoms with Crippen molar-refractivity contribution in [3.05, 3.63) is 53.6 Å². The van der Waals surface area contributed by atoms with Crippen LogP contribution in [0, 0.1) is 11.7 Å². The van der Waals surface area contributed by atoms with Crippen molar-refractivity contribution in [1.29, 1.82) is 0 Å². The maximum atomic E-state index is 13.8. The van der Waals surface area contributed by atoms with Crippen LogP contribution >= 0.6 is 0 Å². The third-order valence-electron chi connectivity index (χ3n) is 5.40. The Kier molecular flexibility index (Phi) is 5.71. The molecule has 3 rings (SSSR count). The molecule has 2 aromatic rings. The number of hydrogen-bond acceptors (Lipinski definition) is 3. The molecule has 0 aliphatic carbocycles. The van der Waals surface area contributed by atoms with Gasteiger partial charge in [-0.15, -0.1) is 0 Å². The maximum Gasteiger partial charge on any atom is 0.226 e. The zero-order valence-electron chi connectivity index (χ0n) is 15.7. The summed E-state index contributed by atoms with van der Waals surface area (Å²) >= 11 is 0. The molecule has 2 atom stereocenters. The first-order chi connectivity index (χ1) is 12.5. The van der Waals surface area contributed by atoms with Gasteiger partial charge < -0.3 is 4.90 Å². The largest absolute Gasteiger partial charge is 0.345 e. The summed E-state index contributed by atoms with van der Waals surface area (Å²) < 4.78 is 15.7. The van der Waals surface area contributed by atoms with Gasteiger partial charge in [0.15, 0.2) is 0 Å². The molecule has 140 valence electrons. The van der Waals surface area contributed by atoms with Crippen molar-refractivity contribution in [2.45, 2.75) is 25.3 Å². The van der Waals surface area contributed by atoms with Gasteiger partial charge in [-0.2, -0.15) is 5.10 Å². The van der Waals surface area contributed by atoms with E-state index in [1.165, 1.54) is 11.8 Å². The lowest BCUT2D eigenvalue weighted by Gasteiger charge is -2.40. The Morgan fingerprint density at radius 1 is 1.31 bits per heavy atom. The Labute approximate surface area is 154 Å². The van der Waals surface area contributed by atoms with Gasteiger partial charge in [0.1, 0.15) is 5.82 Å². The molecular weight excluding hydrogens is 331 g/mol. The molecule has 0 spiro atoms. The second kappa shape index (κ2) is 7.99. The van der Waals surface area contributed by atoms with Crippen molar-refractivity contribution in [2.24, 2.45) is 13.0 Å². The van der Waals surface area contributed by atoms with Gasteiger partial charge in [-0.05, 0) is 50.0 Å². The number of carbonyl (C=O) groups is 1. The molecule has 1 aliphatic heterocycles. The van der Waals surface area contributed by atoms with E-state index in [1.807, 2.05) is 25.0 Å². The first-order valence-corrected chi connectivity index (χ1v) is 9.13. The molecule has 0 saturated carbocycles. The number of halogens is 1. The predicted molar refractivity (Wildman–Crippen MR) is 99.0 cm³/mol. The summed E-state index contributed by atoms with van der Waals surface area (Å²) in [4.78, 5) is 16.7. The van der Waals surface area contributed by atoms with E-state index in [9.17, 15) is 9.18 Å². The van der Waals surface area contributed by atoms with E-state index < -0.39 is 0 Å². The maximum absolute atomic E-state index is 13.8. The Balaban J connectivity index is 1.70. The number of hydrogen-bond donors (Lipinski definition) is 0. The molecule has 1 amide bonds. The fourth-order valence-corrected chi connectivity index (χ4v) is 3.99. The van der Waals surface area contributed by atoms with Crippen LogP contribution in [0.5, 0.6) is 0 Å². The molecule has 1 aromatic carbocycles. The van der Waals surface area contributed by atoms with Crippen LogP contribution in [-0.4, -0.2) is 52.7 Å². The first-order valence-electron chi connectivity index (χ1n) is 9.13. The van der Waals surface area contributed by atoms with Crippen LogP contribution in [0.15, 0.2) is 36.5 Å². The van der Waals surface area contributed by atoms with E-state index in [0.29, 0.717) is 18.0 Å². The summed E-state index contributed by atoms with van der Waals surface area (Å²) in [6.45, 7) is 1.70. The zero-order valence-corrected chi connectivity index (χ0v) is 15.7. The number of carbonyl (C=O) groups excluding carboxylic acids is 1. The summed E-state index contributed by atoms with van der Waals surface area (Å²) in [5, 5.41) is 4.31. The highest BCUT2D eigenvalue weighted by molar-refractivity contribution is 5.78. The van der Waals surface area contributed by atoms with Crippen LogP contribution in [0.1, 0.15) is 30.1 Å². The second-order valence-electron chi connectivity index (χ2n) is 7.25. The molecule has 2 heterocycles. The first kappa shape index (κ1) is 18.6. The van der Waals surface area contributed by atoms with Gasteiger partial charge in [-0.25, -0.2) is 4.39 Å². The minimum atomic E-state index is -0.320. The van der Waals surface area contributed by atoms with Gasteiger partial charge in [-0.3, -0.25) is 14.4 Å². The summed E-state index contributed by atoms with van der Waals surface area (Å²) in [5.41, 5.74) is 1.63. The minimum absolute atomic E-state index is 0.0490. The molecule has 0 bridgehead atoms. The molecule has 1 aromatic heterocycles. The van der Waals surface area contributed by atoms with E-state index >= 15 is 0 Å². The minimum Gasteiger partial charge on any atom is -0.345 e. The van der Waals surface area contributed by atoms with Crippen molar-refractivity contribution in [3.63, 3.8) is 0 Å². The average molecular weight is 358 g/mol. The molecular formula is C20H27FN4O. The molecule has 1 saturated heterocycles. The Morgan fingerprint density at radius 3 is 2.77 bits per heavy atom. The van der Waals surface area contributed by atoms with Crippen molar-refractivity contribution in [2.75, 3.05) is 27.2 Å². The molecule has 1 fully saturated rings. The fourth-order valence-electron chi connectivity index (χ4n) is 3.99. The topological polar surface area (TPSA) is 41.4 Å². The van der Waals surface area contributed by atoms with Crippen molar-refractivity contribution in [3.8, 4) is 0 Å². The molecule has 1 aliphatic rings. The number of rotatable bonds is 5. The van der Waals surface area contributed by atoms with Gasteiger partial charge in [0.25, 0.3) is 0 Å². The normalized spacial score (nSPS) is 20.9. The van der Waals surface area contributed by atoms with Gasteiger partial charge in [0, 0.05) is 26.8 Å². The van der Waals surface area contributed by atoms with E-state index in [4.69, 9.17) is 0 Å². The van der Waals surface area contributed by atoms with Crippen LogP contribution in [0.25, 0.3) is 0 Å². The van der Waals surface area contributed by atoms with E-state index in [-0.39, 0.29) is 24.2 Å². The van der Waals surface area contributed by atoms with Crippen molar-refractivity contribution < 1.29 is 9.18 Å². The lowest BCUT2D eigenvalue weighted by molar-refractivity contribution is -0.130.